The molecule has 4 rings (SSSR count). The third kappa shape index (κ3) is 5.95. The summed E-state index contributed by atoms with van der Waals surface area (Å²) in [6, 6.07) is 9.10. The first-order valence-corrected chi connectivity index (χ1v) is 12.4. The Hall–Kier alpha value is -3.81. The molecule has 0 fully saturated rings. The maximum absolute atomic E-state index is 14.4. The first kappa shape index (κ1) is 28.2. The molecule has 204 valence electrons. The van der Waals surface area contributed by atoms with Gasteiger partial charge in [-0.05, 0) is 68.8 Å². The van der Waals surface area contributed by atoms with Gasteiger partial charge in [-0.15, -0.1) is 11.3 Å². The molecule has 0 spiro atoms. The molecule has 39 heavy (non-hydrogen) atoms. The number of nitrogens with zero attached hydrogens (tertiary/aromatic N) is 4. The fourth-order valence-corrected chi connectivity index (χ4v) is 4.55. The highest BCUT2D eigenvalue weighted by atomic mass is 32.1. The van der Waals surface area contributed by atoms with E-state index in [4.69, 9.17) is 5.73 Å². The summed E-state index contributed by atoms with van der Waals surface area (Å²) in [5.74, 6) is -1.15. The monoisotopic (exact) mass is 560 g/mol. The summed E-state index contributed by atoms with van der Waals surface area (Å²) in [6.07, 6.45) is -2.26. The summed E-state index contributed by atoms with van der Waals surface area (Å²) < 4.78 is 56.7. The zero-order valence-electron chi connectivity index (χ0n) is 21.0. The van der Waals surface area contributed by atoms with Crippen molar-refractivity contribution in [3.8, 4) is 22.1 Å². The molecule has 3 aromatic heterocycles. The van der Waals surface area contributed by atoms with Gasteiger partial charge in [-0.2, -0.15) is 13.2 Å². The van der Waals surface area contributed by atoms with E-state index in [2.05, 4.69) is 25.3 Å². The number of halogens is 4. The van der Waals surface area contributed by atoms with Gasteiger partial charge in [0, 0.05) is 23.5 Å². The van der Waals surface area contributed by atoms with E-state index < -0.39 is 41.3 Å². The molecule has 0 aliphatic carbocycles. The minimum atomic E-state index is -5.24. The Morgan fingerprint density at radius 2 is 1.72 bits per heavy atom. The number of thiazole rings is 1. The Kier molecular flexibility index (Phi) is 7.52. The lowest BCUT2D eigenvalue weighted by Gasteiger charge is -2.32. The molecule has 0 radical (unpaired) electrons. The van der Waals surface area contributed by atoms with Crippen molar-refractivity contribution in [2.24, 2.45) is 5.73 Å². The van der Waals surface area contributed by atoms with Gasteiger partial charge in [-0.25, -0.2) is 24.3 Å². The predicted molar refractivity (Wildman–Crippen MR) is 137 cm³/mol. The summed E-state index contributed by atoms with van der Waals surface area (Å²) in [5, 5.41) is 13.5. The van der Waals surface area contributed by atoms with Crippen molar-refractivity contribution in [3.63, 3.8) is 0 Å². The van der Waals surface area contributed by atoms with E-state index in [0.29, 0.717) is 10.6 Å². The third-order valence-corrected chi connectivity index (χ3v) is 7.02. The first-order chi connectivity index (χ1) is 18.2. The molecule has 1 aromatic carbocycles. The average molecular weight is 561 g/mol. The van der Waals surface area contributed by atoms with Gasteiger partial charge in [-0.1, -0.05) is 0 Å². The standard InChI is InChI=1S/C26H24F4N6O2S/c1-14-20(39-23(35-14)21-32-9-4-10-33-21)22(37)34-13-25(38,26(28,29)30)19-12-16(24(2,3)31)11-18(36-19)15-5-7-17(27)8-6-15/h4-12,38H,13,31H2,1-3H3,(H,34,37). The topological polar surface area (TPSA) is 127 Å². The molecule has 1 unspecified atom stereocenters. The van der Waals surface area contributed by atoms with Crippen molar-refractivity contribution in [2.45, 2.75) is 38.1 Å². The Morgan fingerprint density at radius 1 is 1.08 bits per heavy atom. The van der Waals surface area contributed by atoms with Crippen molar-refractivity contribution in [2.75, 3.05) is 6.54 Å². The molecule has 0 aliphatic rings. The van der Waals surface area contributed by atoms with Crippen LogP contribution in [0.4, 0.5) is 17.6 Å². The van der Waals surface area contributed by atoms with Crippen molar-refractivity contribution < 1.29 is 27.5 Å². The molecule has 4 N–H and O–H groups in total. The summed E-state index contributed by atoms with van der Waals surface area (Å²) in [7, 11) is 0. The molecule has 0 bridgehead atoms. The number of pyridine rings is 1. The number of amides is 1. The van der Waals surface area contributed by atoms with E-state index in [0.717, 1.165) is 29.5 Å². The van der Waals surface area contributed by atoms with Crippen LogP contribution in [0, 0.1) is 12.7 Å². The normalized spacial score (nSPS) is 13.7. The van der Waals surface area contributed by atoms with E-state index in [1.165, 1.54) is 37.5 Å². The van der Waals surface area contributed by atoms with Crippen molar-refractivity contribution >= 4 is 17.2 Å². The lowest BCUT2D eigenvalue weighted by molar-refractivity contribution is -0.265. The Morgan fingerprint density at radius 3 is 2.31 bits per heavy atom. The number of nitrogens with two attached hydrogens (primary N) is 1. The Balaban J connectivity index is 1.71. The molecule has 4 aromatic rings. The van der Waals surface area contributed by atoms with E-state index in [9.17, 15) is 27.5 Å². The molecule has 8 nitrogen and oxygen atoms in total. The van der Waals surface area contributed by atoms with Crippen LogP contribution in [-0.2, 0) is 11.1 Å². The number of hydrogen-bond acceptors (Lipinski definition) is 8. The van der Waals surface area contributed by atoms with Crippen molar-refractivity contribution in [3.05, 3.63) is 82.5 Å². The second-order valence-corrected chi connectivity index (χ2v) is 10.4. The molecule has 13 heteroatoms. The van der Waals surface area contributed by atoms with Crippen LogP contribution < -0.4 is 11.1 Å². The minimum Gasteiger partial charge on any atom is -0.374 e. The minimum absolute atomic E-state index is 0.0405. The van der Waals surface area contributed by atoms with Gasteiger partial charge in [0.25, 0.3) is 5.91 Å². The summed E-state index contributed by atoms with van der Waals surface area (Å²) in [4.78, 5) is 29.4. The third-order valence-electron chi connectivity index (χ3n) is 5.87. The molecule has 0 saturated heterocycles. The summed E-state index contributed by atoms with van der Waals surface area (Å²) in [5.41, 5.74) is 1.57. The molecule has 0 aliphatic heterocycles. The van der Waals surface area contributed by atoms with Gasteiger partial charge in [0.1, 0.15) is 10.7 Å². The fraction of sp³-hybridized carbons (Fsp3) is 0.269. The second-order valence-electron chi connectivity index (χ2n) is 9.40. The predicted octanol–water partition coefficient (Wildman–Crippen LogP) is 4.48. The van der Waals surface area contributed by atoms with E-state index in [1.807, 2.05) is 0 Å². The molecule has 3 heterocycles. The van der Waals surface area contributed by atoms with Crippen LogP contribution in [0.3, 0.4) is 0 Å². The van der Waals surface area contributed by atoms with Gasteiger partial charge in [0.05, 0.1) is 23.6 Å². The molecule has 1 amide bonds. The zero-order chi connectivity index (χ0) is 28.6. The van der Waals surface area contributed by atoms with Crippen LogP contribution in [-0.4, -0.2) is 43.7 Å². The maximum Gasteiger partial charge on any atom is 0.424 e. The number of benzene rings is 1. The van der Waals surface area contributed by atoms with Crippen LogP contribution in [0.2, 0.25) is 0 Å². The highest BCUT2D eigenvalue weighted by Crippen LogP contribution is 2.40. The summed E-state index contributed by atoms with van der Waals surface area (Å²) in [6.45, 7) is 3.44. The summed E-state index contributed by atoms with van der Waals surface area (Å²) >= 11 is 0.907. The molecular weight excluding hydrogens is 536 g/mol. The van der Waals surface area contributed by atoms with Gasteiger partial charge in [0.15, 0.2) is 10.8 Å². The van der Waals surface area contributed by atoms with Gasteiger partial charge in [-0.3, -0.25) is 4.79 Å². The first-order valence-electron chi connectivity index (χ1n) is 11.6. The largest absolute Gasteiger partial charge is 0.424 e. The maximum atomic E-state index is 14.4. The van der Waals surface area contributed by atoms with Gasteiger partial charge >= 0.3 is 6.18 Å². The van der Waals surface area contributed by atoms with Crippen LogP contribution >= 0.6 is 11.3 Å². The number of aryl methyl sites for hydroxylation is 1. The number of nitrogens with one attached hydrogen (secondary N) is 1. The molecular formula is C26H24F4N6O2S. The van der Waals surface area contributed by atoms with Crippen LogP contribution in [0.25, 0.3) is 22.1 Å². The number of carbonyl (C=O) groups excluding carboxylic acids is 1. The van der Waals surface area contributed by atoms with E-state index >= 15 is 0 Å². The van der Waals surface area contributed by atoms with Crippen molar-refractivity contribution in [1.29, 1.82) is 0 Å². The molecule has 1 atom stereocenters. The van der Waals surface area contributed by atoms with Crippen molar-refractivity contribution in [1.82, 2.24) is 25.3 Å². The van der Waals surface area contributed by atoms with E-state index in [-0.39, 0.29) is 27.7 Å². The Bertz CT molecular complexity index is 1490. The lowest BCUT2D eigenvalue weighted by Crippen LogP contribution is -2.51. The quantitative estimate of drug-likeness (QED) is 0.285. The van der Waals surface area contributed by atoms with Crippen LogP contribution in [0.1, 0.15) is 40.5 Å². The van der Waals surface area contributed by atoms with Gasteiger partial charge in [0.2, 0.25) is 5.60 Å². The lowest BCUT2D eigenvalue weighted by atomic mass is 9.89. The van der Waals surface area contributed by atoms with E-state index in [1.54, 1.807) is 19.9 Å². The fourth-order valence-electron chi connectivity index (χ4n) is 3.62. The van der Waals surface area contributed by atoms with Crippen LogP contribution in [0.15, 0.2) is 54.9 Å². The Labute approximate surface area is 225 Å². The molecule has 0 saturated carbocycles. The SMILES string of the molecule is Cc1nc(-c2ncccn2)sc1C(=O)NCC(O)(c1cc(C(C)(C)N)cc(-c2ccc(F)cc2)n1)C(F)(F)F. The second kappa shape index (κ2) is 10.4. The average Bonchev–Trinajstić information content (AvgIpc) is 3.28. The number of rotatable bonds is 7. The number of hydrogen-bond donors (Lipinski definition) is 3. The highest BCUT2D eigenvalue weighted by molar-refractivity contribution is 7.17. The van der Waals surface area contributed by atoms with Crippen LogP contribution in [0.5, 0.6) is 0 Å². The number of aromatic nitrogens is 4. The zero-order valence-corrected chi connectivity index (χ0v) is 21.9. The number of alkyl halides is 3. The highest BCUT2D eigenvalue weighted by Gasteiger charge is 2.56. The van der Waals surface area contributed by atoms with Gasteiger partial charge < -0.3 is 16.2 Å². The smallest absolute Gasteiger partial charge is 0.374 e. The number of aliphatic hydroxyl groups is 1. The number of carbonyl (C=O) groups is 1.